The van der Waals surface area contributed by atoms with E-state index in [4.69, 9.17) is 6.42 Å². The van der Waals surface area contributed by atoms with E-state index in [0.717, 1.165) is 17.7 Å². The Hall–Kier alpha value is -2.02. The second kappa shape index (κ2) is 5.90. The molecule has 17 heavy (non-hydrogen) atoms. The summed E-state index contributed by atoms with van der Waals surface area (Å²) in [5.41, 5.74) is 1.85. The summed E-state index contributed by atoms with van der Waals surface area (Å²) in [6.45, 7) is 3.94. The van der Waals surface area contributed by atoms with E-state index in [1.807, 2.05) is 13.8 Å². The average Bonchev–Trinajstić information content (AvgIpc) is 2.30. The molecular weight excluding hydrogens is 216 g/mol. The summed E-state index contributed by atoms with van der Waals surface area (Å²) < 4.78 is 0. The molecule has 0 heterocycles. The number of hydrogen-bond acceptors (Lipinski definition) is 3. The molecule has 1 unspecified atom stereocenters. The molecule has 1 rings (SSSR count). The van der Waals surface area contributed by atoms with Crippen molar-refractivity contribution < 1.29 is 4.92 Å². The van der Waals surface area contributed by atoms with Gasteiger partial charge in [-0.15, -0.1) is 12.3 Å². The van der Waals surface area contributed by atoms with Gasteiger partial charge >= 0.3 is 0 Å². The molecule has 90 valence electrons. The van der Waals surface area contributed by atoms with E-state index in [-0.39, 0.29) is 11.7 Å². The largest absolute Gasteiger partial charge is 0.381 e. The summed E-state index contributed by atoms with van der Waals surface area (Å²) >= 11 is 0. The van der Waals surface area contributed by atoms with Crippen LogP contribution in [0.15, 0.2) is 18.2 Å². The smallest absolute Gasteiger partial charge is 0.271 e. The number of aryl methyl sites for hydroxylation is 1. The predicted octanol–water partition coefficient (Wildman–Crippen LogP) is 3.12. The van der Waals surface area contributed by atoms with Gasteiger partial charge in [-0.1, -0.05) is 13.0 Å². The van der Waals surface area contributed by atoms with E-state index >= 15 is 0 Å². The first-order chi connectivity index (χ1) is 8.08. The summed E-state index contributed by atoms with van der Waals surface area (Å²) in [6.07, 6.45) is 6.77. The summed E-state index contributed by atoms with van der Waals surface area (Å²) in [7, 11) is 0. The molecule has 0 aromatic heterocycles. The molecule has 1 aromatic carbocycles. The van der Waals surface area contributed by atoms with E-state index in [9.17, 15) is 10.1 Å². The van der Waals surface area contributed by atoms with E-state index in [1.165, 1.54) is 6.07 Å². The summed E-state index contributed by atoms with van der Waals surface area (Å²) in [5, 5.41) is 13.9. The molecule has 4 nitrogen and oxygen atoms in total. The SMILES string of the molecule is C#CCC(CC)Nc1cc([N+](=O)[O-])ccc1C. The number of nitrogens with one attached hydrogen (secondary N) is 1. The maximum absolute atomic E-state index is 10.7. The maximum atomic E-state index is 10.7. The number of benzene rings is 1. The molecule has 0 aliphatic rings. The van der Waals surface area contributed by atoms with E-state index in [0.29, 0.717) is 6.42 Å². The molecule has 0 spiro atoms. The molecule has 1 aromatic rings. The van der Waals surface area contributed by atoms with Crippen LogP contribution in [-0.4, -0.2) is 11.0 Å². The minimum absolute atomic E-state index is 0.0914. The standard InChI is InChI=1S/C13H16N2O2/c1-4-6-11(5-2)14-13-9-12(15(16)17)8-7-10(13)3/h1,7-9,11,14H,5-6H2,2-3H3. The Morgan fingerprint density at radius 3 is 2.82 bits per heavy atom. The van der Waals surface area contributed by atoms with E-state index < -0.39 is 4.92 Å². The second-order valence-corrected chi connectivity index (χ2v) is 3.91. The summed E-state index contributed by atoms with van der Waals surface area (Å²) in [6, 6.07) is 4.95. The van der Waals surface area contributed by atoms with Gasteiger partial charge in [-0.3, -0.25) is 10.1 Å². The molecule has 0 amide bonds. The van der Waals surface area contributed by atoms with Gasteiger partial charge in [0.25, 0.3) is 5.69 Å². The lowest BCUT2D eigenvalue weighted by Crippen LogP contribution is -2.18. The van der Waals surface area contributed by atoms with Crippen LogP contribution in [0.1, 0.15) is 25.3 Å². The molecule has 4 heteroatoms. The first-order valence-corrected chi connectivity index (χ1v) is 5.53. The molecule has 0 saturated heterocycles. The zero-order valence-electron chi connectivity index (χ0n) is 10.1. The van der Waals surface area contributed by atoms with Gasteiger partial charge in [0, 0.05) is 30.3 Å². The van der Waals surface area contributed by atoms with Gasteiger partial charge in [-0.05, 0) is 18.9 Å². The molecule has 1 N–H and O–H groups in total. The monoisotopic (exact) mass is 232 g/mol. The lowest BCUT2D eigenvalue weighted by atomic mass is 10.1. The van der Waals surface area contributed by atoms with Crippen LogP contribution in [0.4, 0.5) is 11.4 Å². The fraction of sp³-hybridized carbons (Fsp3) is 0.385. The van der Waals surface area contributed by atoms with Crippen molar-refractivity contribution in [1.29, 1.82) is 0 Å². The maximum Gasteiger partial charge on any atom is 0.271 e. The lowest BCUT2D eigenvalue weighted by Gasteiger charge is -2.17. The van der Waals surface area contributed by atoms with Gasteiger partial charge < -0.3 is 5.32 Å². The Labute approximate surface area is 101 Å². The van der Waals surface area contributed by atoms with Crippen LogP contribution in [0.2, 0.25) is 0 Å². The van der Waals surface area contributed by atoms with Crippen molar-refractivity contribution in [1.82, 2.24) is 0 Å². The van der Waals surface area contributed by atoms with Crippen molar-refractivity contribution in [2.75, 3.05) is 5.32 Å². The summed E-state index contributed by atoms with van der Waals surface area (Å²) in [4.78, 5) is 10.3. The number of non-ortho nitro benzene ring substituents is 1. The van der Waals surface area contributed by atoms with Gasteiger partial charge in [0.15, 0.2) is 0 Å². The van der Waals surface area contributed by atoms with Gasteiger partial charge in [-0.2, -0.15) is 0 Å². The molecule has 0 aliphatic carbocycles. The van der Waals surface area contributed by atoms with E-state index in [2.05, 4.69) is 11.2 Å². The highest BCUT2D eigenvalue weighted by molar-refractivity contribution is 5.57. The van der Waals surface area contributed by atoms with Crippen molar-refractivity contribution in [2.45, 2.75) is 32.7 Å². The highest BCUT2D eigenvalue weighted by Crippen LogP contribution is 2.23. The first-order valence-electron chi connectivity index (χ1n) is 5.53. The Morgan fingerprint density at radius 2 is 2.29 bits per heavy atom. The third-order valence-electron chi connectivity index (χ3n) is 2.65. The normalized spacial score (nSPS) is 11.6. The number of anilines is 1. The van der Waals surface area contributed by atoms with Crippen molar-refractivity contribution in [3.63, 3.8) is 0 Å². The van der Waals surface area contributed by atoms with Crippen LogP contribution in [0.25, 0.3) is 0 Å². The quantitative estimate of drug-likeness (QED) is 0.482. The minimum Gasteiger partial charge on any atom is -0.381 e. The van der Waals surface area contributed by atoms with E-state index in [1.54, 1.807) is 12.1 Å². The zero-order chi connectivity index (χ0) is 12.8. The van der Waals surface area contributed by atoms with Crippen molar-refractivity contribution in [3.05, 3.63) is 33.9 Å². The Kier molecular flexibility index (Phi) is 4.53. The lowest BCUT2D eigenvalue weighted by molar-refractivity contribution is -0.384. The van der Waals surface area contributed by atoms with Crippen LogP contribution in [-0.2, 0) is 0 Å². The third-order valence-corrected chi connectivity index (χ3v) is 2.65. The van der Waals surface area contributed by atoms with Gasteiger partial charge in [0.05, 0.1) is 4.92 Å². The Bertz CT molecular complexity index is 449. The van der Waals surface area contributed by atoms with Crippen LogP contribution >= 0.6 is 0 Å². The first kappa shape index (κ1) is 13.0. The molecule has 0 fully saturated rings. The Morgan fingerprint density at radius 1 is 1.59 bits per heavy atom. The molecule has 0 bridgehead atoms. The molecule has 0 aliphatic heterocycles. The highest BCUT2D eigenvalue weighted by Gasteiger charge is 2.11. The molecule has 0 saturated carbocycles. The number of nitrogens with zero attached hydrogens (tertiary/aromatic N) is 1. The minimum atomic E-state index is -0.396. The number of nitro benzene ring substituents is 1. The number of rotatable bonds is 5. The van der Waals surface area contributed by atoms with Crippen LogP contribution < -0.4 is 5.32 Å². The average molecular weight is 232 g/mol. The summed E-state index contributed by atoms with van der Waals surface area (Å²) in [5.74, 6) is 2.60. The van der Waals surface area contributed by atoms with Crippen molar-refractivity contribution >= 4 is 11.4 Å². The second-order valence-electron chi connectivity index (χ2n) is 3.91. The number of hydrogen-bond donors (Lipinski definition) is 1. The predicted molar refractivity (Wildman–Crippen MR) is 69.0 cm³/mol. The number of nitro groups is 1. The fourth-order valence-corrected chi connectivity index (χ4v) is 1.54. The molecule has 1 atom stereocenters. The van der Waals surface area contributed by atoms with Crippen LogP contribution in [0.3, 0.4) is 0 Å². The molecule has 0 radical (unpaired) electrons. The zero-order valence-corrected chi connectivity index (χ0v) is 10.1. The van der Waals surface area contributed by atoms with Gasteiger partial charge in [0.2, 0.25) is 0 Å². The van der Waals surface area contributed by atoms with Gasteiger partial charge in [0.1, 0.15) is 0 Å². The number of terminal acetylenes is 1. The highest BCUT2D eigenvalue weighted by atomic mass is 16.6. The van der Waals surface area contributed by atoms with Crippen molar-refractivity contribution in [2.24, 2.45) is 0 Å². The van der Waals surface area contributed by atoms with Crippen LogP contribution in [0.5, 0.6) is 0 Å². The third kappa shape index (κ3) is 3.49. The van der Waals surface area contributed by atoms with Gasteiger partial charge in [-0.25, -0.2) is 0 Å². The molecular formula is C13H16N2O2. The fourth-order valence-electron chi connectivity index (χ4n) is 1.54. The van der Waals surface area contributed by atoms with Crippen LogP contribution in [0, 0.1) is 29.4 Å². The topological polar surface area (TPSA) is 55.2 Å². The Balaban J connectivity index is 2.93. The van der Waals surface area contributed by atoms with Crippen molar-refractivity contribution in [3.8, 4) is 12.3 Å².